The first-order valence-corrected chi connectivity index (χ1v) is 11.6. The number of carbonyl (C=O) groups excluding carboxylic acids is 1. The fourth-order valence-electron chi connectivity index (χ4n) is 3.25. The smallest absolute Gasteiger partial charge is 0.244 e. The number of aryl methyl sites for hydroxylation is 1. The number of carbonyl (C=O) groups is 1. The van der Waals surface area contributed by atoms with E-state index in [1.54, 1.807) is 31.2 Å². The zero-order valence-electron chi connectivity index (χ0n) is 17.5. The number of hydrogen-bond acceptors (Lipinski definition) is 4. The Labute approximate surface area is 173 Å². The summed E-state index contributed by atoms with van der Waals surface area (Å²) in [5.41, 5.74) is 1.61. The molecule has 0 aliphatic heterocycles. The number of benzene rings is 2. The van der Waals surface area contributed by atoms with Crippen LogP contribution in [0.1, 0.15) is 32.3 Å². The summed E-state index contributed by atoms with van der Waals surface area (Å²) in [5, 5.41) is 2.98. The van der Waals surface area contributed by atoms with Gasteiger partial charge in [-0.25, -0.2) is 8.42 Å². The Hall–Kier alpha value is -2.54. The Bertz CT molecular complexity index is 900. The molecule has 0 saturated carbocycles. The van der Waals surface area contributed by atoms with E-state index >= 15 is 0 Å². The number of ether oxygens (including phenoxy) is 1. The predicted molar refractivity (Wildman–Crippen MR) is 117 cm³/mol. The molecule has 2 atom stereocenters. The molecule has 0 unspecified atom stereocenters. The summed E-state index contributed by atoms with van der Waals surface area (Å²) in [5.74, 6) is 0.226. The zero-order chi connectivity index (χ0) is 21.4. The van der Waals surface area contributed by atoms with Crippen molar-refractivity contribution >= 4 is 21.6 Å². The van der Waals surface area contributed by atoms with Crippen molar-refractivity contribution in [3.8, 4) is 5.75 Å². The molecule has 2 rings (SSSR count). The predicted octanol–water partition coefficient (Wildman–Crippen LogP) is 3.38. The van der Waals surface area contributed by atoms with Gasteiger partial charge in [-0.1, -0.05) is 43.3 Å². The van der Waals surface area contributed by atoms with Gasteiger partial charge in [0, 0.05) is 12.1 Å². The van der Waals surface area contributed by atoms with Gasteiger partial charge in [0.1, 0.15) is 11.8 Å². The van der Waals surface area contributed by atoms with Crippen molar-refractivity contribution in [3.05, 3.63) is 60.2 Å². The van der Waals surface area contributed by atoms with Crippen LogP contribution in [0.5, 0.6) is 5.75 Å². The summed E-state index contributed by atoms with van der Waals surface area (Å²) in [4.78, 5) is 13.0. The second-order valence-corrected chi connectivity index (χ2v) is 8.98. The van der Waals surface area contributed by atoms with Crippen molar-refractivity contribution in [2.24, 2.45) is 0 Å². The molecular weight excluding hydrogens is 388 g/mol. The Kier molecular flexibility index (Phi) is 8.08. The van der Waals surface area contributed by atoms with Crippen molar-refractivity contribution in [2.45, 2.75) is 45.2 Å². The lowest BCUT2D eigenvalue weighted by Crippen LogP contribution is -2.51. The molecule has 2 aromatic carbocycles. The largest absolute Gasteiger partial charge is 0.497 e. The van der Waals surface area contributed by atoms with Crippen LogP contribution in [0.2, 0.25) is 0 Å². The van der Waals surface area contributed by atoms with E-state index in [9.17, 15) is 13.2 Å². The fraction of sp³-hybridized carbons (Fsp3) is 0.409. The van der Waals surface area contributed by atoms with Crippen LogP contribution in [0.3, 0.4) is 0 Å². The first kappa shape index (κ1) is 22.7. The average molecular weight is 419 g/mol. The molecule has 0 bridgehead atoms. The highest BCUT2D eigenvalue weighted by atomic mass is 32.2. The lowest BCUT2D eigenvalue weighted by atomic mass is 10.1. The van der Waals surface area contributed by atoms with E-state index in [0.29, 0.717) is 17.9 Å². The van der Waals surface area contributed by atoms with Gasteiger partial charge in [-0.05, 0) is 43.9 Å². The van der Waals surface area contributed by atoms with Crippen LogP contribution in [0.25, 0.3) is 0 Å². The molecule has 6 nitrogen and oxygen atoms in total. The van der Waals surface area contributed by atoms with Crippen LogP contribution in [0.15, 0.2) is 54.6 Å². The Morgan fingerprint density at radius 1 is 1.14 bits per heavy atom. The molecule has 0 aliphatic rings. The van der Waals surface area contributed by atoms with E-state index in [4.69, 9.17) is 4.74 Å². The van der Waals surface area contributed by atoms with Crippen molar-refractivity contribution in [1.29, 1.82) is 0 Å². The van der Waals surface area contributed by atoms with Gasteiger partial charge >= 0.3 is 0 Å². The highest BCUT2D eigenvalue weighted by Crippen LogP contribution is 2.26. The summed E-state index contributed by atoms with van der Waals surface area (Å²) < 4.78 is 31.5. The molecule has 7 heteroatoms. The van der Waals surface area contributed by atoms with Gasteiger partial charge in [0.2, 0.25) is 15.9 Å². The van der Waals surface area contributed by atoms with Gasteiger partial charge in [-0.3, -0.25) is 9.10 Å². The number of nitrogens with zero attached hydrogens (tertiary/aromatic N) is 1. The second-order valence-electron chi connectivity index (χ2n) is 7.12. The number of nitrogens with one attached hydrogen (secondary N) is 1. The summed E-state index contributed by atoms with van der Waals surface area (Å²) in [7, 11) is -2.16. The number of methoxy groups -OCH3 is 1. The minimum Gasteiger partial charge on any atom is -0.497 e. The Morgan fingerprint density at radius 2 is 1.83 bits per heavy atom. The number of sulfonamides is 1. The van der Waals surface area contributed by atoms with E-state index in [2.05, 4.69) is 17.4 Å². The Balaban J connectivity index is 2.15. The van der Waals surface area contributed by atoms with Crippen LogP contribution in [-0.4, -0.2) is 39.8 Å². The quantitative estimate of drug-likeness (QED) is 0.642. The lowest BCUT2D eigenvalue weighted by Gasteiger charge is -2.31. The van der Waals surface area contributed by atoms with E-state index in [1.807, 2.05) is 25.1 Å². The molecule has 0 aromatic heterocycles. The van der Waals surface area contributed by atoms with Crippen LogP contribution in [-0.2, 0) is 21.2 Å². The van der Waals surface area contributed by atoms with E-state index in [0.717, 1.165) is 19.1 Å². The minimum atomic E-state index is -3.67. The molecule has 29 heavy (non-hydrogen) atoms. The monoisotopic (exact) mass is 418 g/mol. The first-order valence-electron chi connectivity index (χ1n) is 9.74. The van der Waals surface area contributed by atoms with Crippen molar-refractivity contribution in [1.82, 2.24) is 5.32 Å². The summed E-state index contributed by atoms with van der Waals surface area (Å²) in [6.07, 6.45) is 3.07. The van der Waals surface area contributed by atoms with Gasteiger partial charge in [0.25, 0.3) is 0 Å². The summed E-state index contributed by atoms with van der Waals surface area (Å²) in [6, 6.07) is 15.9. The molecule has 2 aromatic rings. The maximum Gasteiger partial charge on any atom is 0.244 e. The first-order chi connectivity index (χ1) is 13.8. The molecule has 0 heterocycles. The van der Waals surface area contributed by atoms with Gasteiger partial charge < -0.3 is 10.1 Å². The lowest BCUT2D eigenvalue weighted by molar-refractivity contribution is -0.122. The Morgan fingerprint density at radius 3 is 2.41 bits per heavy atom. The average Bonchev–Trinajstić information content (AvgIpc) is 2.70. The highest BCUT2D eigenvalue weighted by molar-refractivity contribution is 7.92. The maximum atomic E-state index is 13.0. The molecule has 158 valence electrons. The molecule has 1 N–H and O–H groups in total. The van der Waals surface area contributed by atoms with Crippen molar-refractivity contribution in [2.75, 3.05) is 17.7 Å². The number of hydrogen-bond donors (Lipinski definition) is 1. The van der Waals surface area contributed by atoms with Gasteiger partial charge in [-0.15, -0.1) is 0 Å². The number of amides is 1. The minimum absolute atomic E-state index is 0.0801. The zero-order valence-corrected chi connectivity index (χ0v) is 18.3. The standard InChI is InChI=1S/C22H30N2O4S/c1-5-21(22(25)23-17(2)14-15-18-10-7-6-8-11-18)24(29(4,26)27)19-12-9-13-20(16-19)28-3/h6-13,16-17,21H,5,14-15H2,1-4H3,(H,23,25)/t17-,21+/m0/s1. The molecule has 0 radical (unpaired) electrons. The van der Waals surface area contributed by atoms with E-state index in [1.165, 1.54) is 17.0 Å². The van der Waals surface area contributed by atoms with E-state index < -0.39 is 16.1 Å². The number of rotatable bonds is 10. The third kappa shape index (κ3) is 6.49. The second kappa shape index (κ2) is 10.3. The molecular formula is C22H30N2O4S. The maximum absolute atomic E-state index is 13.0. The fourth-order valence-corrected chi connectivity index (χ4v) is 4.45. The van der Waals surface area contributed by atoms with Crippen molar-refractivity contribution < 1.29 is 17.9 Å². The van der Waals surface area contributed by atoms with Crippen LogP contribution >= 0.6 is 0 Å². The summed E-state index contributed by atoms with van der Waals surface area (Å²) >= 11 is 0. The topological polar surface area (TPSA) is 75.7 Å². The van der Waals surface area contributed by atoms with E-state index in [-0.39, 0.29) is 11.9 Å². The molecule has 0 fully saturated rings. The van der Waals surface area contributed by atoms with Crippen LogP contribution in [0.4, 0.5) is 5.69 Å². The third-order valence-electron chi connectivity index (χ3n) is 4.74. The molecule has 0 spiro atoms. The number of anilines is 1. The van der Waals surface area contributed by atoms with Gasteiger partial charge in [0.05, 0.1) is 19.1 Å². The molecule has 0 aliphatic carbocycles. The molecule has 1 amide bonds. The highest BCUT2D eigenvalue weighted by Gasteiger charge is 2.32. The SMILES string of the molecule is CC[C@H](C(=O)N[C@@H](C)CCc1ccccc1)N(c1cccc(OC)c1)S(C)(=O)=O. The van der Waals surface area contributed by atoms with Crippen LogP contribution < -0.4 is 14.4 Å². The molecule has 0 saturated heterocycles. The van der Waals surface area contributed by atoms with Gasteiger partial charge in [0.15, 0.2) is 0 Å². The third-order valence-corrected chi connectivity index (χ3v) is 5.91. The summed E-state index contributed by atoms with van der Waals surface area (Å²) in [6.45, 7) is 3.74. The van der Waals surface area contributed by atoms with Gasteiger partial charge in [-0.2, -0.15) is 0 Å². The van der Waals surface area contributed by atoms with Crippen LogP contribution in [0, 0.1) is 0 Å². The normalized spacial score (nSPS) is 13.4. The van der Waals surface area contributed by atoms with Crippen molar-refractivity contribution in [3.63, 3.8) is 0 Å².